The van der Waals surface area contributed by atoms with E-state index in [2.05, 4.69) is 23.7 Å². The molecule has 0 bridgehead atoms. The molecule has 0 N–H and O–H groups in total. The quantitative estimate of drug-likeness (QED) is 0.482. The Hall–Kier alpha value is -3.32. The Morgan fingerprint density at radius 1 is 0.962 bits per heavy atom. The molecular weight excluding hydrogens is 322 g/mol. The molecule has 0 aliphatic rings. The van der Waals surface area contributed by atoms with Crippen LogP contribution in [0.3, 0.4) is 0 Å². The van der Waals surface area contributed by atoms with Gasteiger partial charge in [-0.1, -0.05) is 60.1 Å². The van der Waals surface area contributed by atoms with Crippen molar-refractivity contribution in [3.8, 4) is 29.8 Å². The Bertz CT molecular complexity index is 929. The lowest BCUT2D eigenvalue weighted by atomic mass is 9.84. The Morgan fingerprint density at radius 3 is 2.27 bits per heavy atom. The van der Waals surface area contributed by atoms with E-state index in [-0.39, 0.29) is 19.0 Å². The van der Waals surface area contributed by atoms with Gasteiger partial charge in [0.05, 0.1) is 6.07 Å². The SMILES string of the molecule is CC(C)(C#N)C(=O)c1ccccc1C#CCOCC#Cc1ccccc1. The van der Waals surface area contributed by atoms with E-state index in [1.807, 2.05) is 42.5 Å². The van der Waals surface area contributed by atoms with E-state index in [1.54, 1.807) is 32.0 Å². The van der Waals surface area contributed by atoms with Crippen molar-refractivity contribution < 1.29 is 9.53 Å². The Labute approximate surface area is 154 Å². The second-order valence-corrected chi connectivity index (χ2v) is 6.07. The number of carbonyl (C=O) groups excluding carboxylic acids is 1. The third kappa shape index (κ3) is 5.35. The number of Topliss-reactive ketones (excluding diaryl/α,β-unsaturated/α-hetero) is 1. The molecule has 2 rings (SSSR count). The first-order chi connectivity index (χ1) is 12.5. The molecule has 0 aliphatic carbocycles. The van der Waals surface area contributed by atoms with Crippen molar-refractivity contribution in [2.24, 2.45) is 5.41 Å². The molecule has 0 unspecified atom stereocenters. The molecule has 0 heterocycles. The van der Waals surface area contributed by atoms with Crippen LogP contribution in [-0.4, -0.2) is 19.0 Å². The average Bonchev–Trinajstić information content (AvgIpc) is 2.67. The fraction of sp³-hybridized carbons (Fsp3) is 0.217. The van der Waals surface area contributed by atoms with E-state index in [0.29, 0.717) is 11.1 Å². The number of ether oxygens (including phenoxy) is 1. The van der Waals surface area contributed by atoms with Crippen molar-refractivity contribution in [3.05, 3.63) is 71.3 Å². The Balaban J connectivity index is 1.96. The number of benzene rings is 2. The molecule has 0 spiro atoms. The van der Waals surface area contributed by atoms with Crippen LogP contribution in [-0.2, 0) is 4.74 Å². The number of nitrogens with zero attached hydrogens (tertiary/aromatic N) is 1. The number of hydrogen-bond acceptors (Lipinski definition) is 3. The van der Waals surface area contributed by atoms with Gasteiger partial charge in [0, 0.05) is 16.7 Å². The molecule has 0 aliphatic heterocycles. The van der Waals surface area contributed by atoms with Crippen LogP contribution in [0.1, 0.15) is 35.3 Å². The van der Waals surface area contributed by atoms with Crippen molar-refractivity contribution in [2.75, 3.05) is 13.2 Å². The van der Waals surface area contributed by atoms with Gasteiger partial charge in [-0.3, -0.25) is 4.79 Å². The minimum Gasteiger partial charge on any atom is -0.356 e. The molecule has 0 saturated carbocycles. The van der Waals surface area contributed by atoms with Gasteiger partial charge in [-0.15, -0.1) is 0 Å². The molecule has 26 heavy (non-hydrogen) atoms. The van der Waals surface area contributed by atoms with E-state index < -0.39 is 5.41 Å². The monoisotopic (exact) mass is 341 g/mol. The van der Waals surface area contributed by atoms with Crippen LogP contribution in [0.15, 0.2) is 54.6 Å². The van der Waals surface area contributed by atoms with Gasteiger partial charge in [-0.2, -0.15) is 5.26 Å². The average molecular weight is 341 g/mol. The van der Waals surface area contributed by atoms with Crippen LogP contribution in [0.4, 0.5) is 0 Å². The number of ketones is 1. The maximum absolute atomic E-state index is 12.5. The first-order valence-corrected chi connectivity index (χ1v) is 8.20. The lowest BCUT2D eigenvalue weighted by Gasteiger charge is -2.14. The zero-order valence-electron chi connectivity index (χ0n) is 14.9. The lowest BCUT2D eigenvalue weighted by molar-refractivity contribution is 0.0891. The van der Waals surface area contributed by atoms with Gasteiger partial charge in [-0.05, 0) is 32.0 Å². The van der Waals surface area contributed by atoms with E-state index in [1.165, 1.54) is 0 Å². The molecular formula is C23H19NO2. The van der Waals surface area contributed by atoms with Gasteiger partial charge < -0.3 is 4.74 Å². The predicted octanol–water partition coefficient (Wildman–Crippen LogP) is 3.84. The fourth-order valence-electron chi connectivity index (χ4n) is 2.12. The summed E-state index contributed by atoms with van der Waals surface area (Å²) < 4.78 is 5.38. The molecule has 0 fully saturated rings. The molecule has 0 amide bonds. The van der Waals surface area contributed by atoms with E-state index in [9.17, 15) is 4.79 Å². The molecule has 0 atom stereocenters. The Kier molecular flexibility index (Phi) is 6.75. The smallest absolute Gasteiger partial charge is 0.183 e. The van der Waals surface area contributed by atoms with Gasteiger partial charge in [0.1, 0.15) is 18.6 Å². The number of hydrogen-bond donors (Lipinski definition) is 0. The van der Waals surface area contributed by atoms with E-state index in [4.69, 9.17) is 10.00 Å². The van der Waals surface area contributed by atoms with Crippen molar-refractivity contribution in [1.29, 1.82) is 5.26 Å². The van der Waals surface area contributed by atoms with Gasteiger partial charge >= 0.3 is 0 Å². The van der Waals surface area contributed by atoms with Crippen molar-refractivity contribution >= 4 is 5.78 Å². The van der Waals surface area contributed by atoms with Crippen molar-refractivity contribution in [2.45, 2.75) is 13.8 Å². The molecule has 128 valence electrons. The minimum atomic E-state index is -1.08. The van der Waals surface area contributed by atoms with Crippen LogP contribution < -0.4 is 0 Å². The maximum Gasteiger partial charge on any atom is 0.183 e. The summed E-state index contributed by atoms with van der Waals surface area (Å²) >= 11 is 0. The van der Waals surface area contributed by atoms with Crippen molar-refractivity contribution in [1.82, 2.24) is 0 Å². The third-order valence-corrected chi connectivity index (χ3v) is 3.60. The highest BCUT2D eigenvalue weighted by Crippen LogP contribution is 2.22. The summed E-state index contributed by atoms with van der Waals surface area (Å²) in [6.45, 7) is 3.71. The topological polar surface area (TPSA) is 50.1 Å². The van der Waals surface area contributed by atoms with Gasteiger partial charge in [0.15, 0.2) is 5.78 Å². The number of rotatable bonds is 4. The summed E-state index contributed by atoms with van der Waals surface area (Å²) in [6.07, 6.45) is 0. The third-order valence-electron chi connectivity index (χ3n) is 3.60. The van der Waals surface area contributed by atoms with E-state index in [0.717, 1.165) is 5.56 Å². The highest BCUT2D eigenvalue weighted by molar-refractivity contribution is 6.03. The molecule has 2 aromatic rings. The number of carbonyl (C=O) groups is 1. The van der Waals surface area contributed by atoms with Crippen molar-refractivity contribution in [3.63, 3.8) is 0 Å². The summed E-state index contributed by atoms with van der Waals surface area (Å²) in [7, 11) is 0. The molecule has 0 saturated heterocycles. The van der Waals surface area contributed by atoms with Crippen LogP contribution in [0, 0.1) is 40.4 Å². The van der Waals surface area contributed by atoms with Gasteiger partial charge in [0.2, 0.25) is 0 Å². The summed E-state index contributed by atoms with van der Waals surface area (Å²) in [5, 5.41) is 9.16. The summed E-state index contributed by atoms with van der Waals surface area (Å²) in [6, 6.07) is 18.7. The molecule has 0 radical (unpaired) electrons. The largest absolute Gasteiger partial charge is 0.356 e. The zero-order chi connectivity index (χ0) is 18.8. The summed E-state index contributed by atoms with van der Waals surface area (Å²) in [5.74, 6) is 11.5. The Morgan fingerprint density at radius 2 is 1.58 bits per heavy atom. The standard InChI is InChI=1S/C23H19NO2/c1-23(2,18-24)22(25)21-15-7-6-13-20(21)14-9-17-26-16-8-12-19-10-4-3-5-11-19/h3-7,10-11,13,15H,16-17H2,1-2H3. The summed E-state index contributed by atoms with van der Waals surface area (Å²) in [4.78, 5) is 12.5. The molecule has 2 aromatic carbocycles. The van der Waals surface area contributed by atoms with Crippen LogP contribution in [0.2, 0.25) is 0 Å². The maximum atomic E-state index is 12.5. The molecule has 0 aromatic heterocycles. The number of nitriles is 1. The molecule has 3 heteroatoms. The summed E-state index contributed by atoms with van der Waals surface area (Å²) in [5.41, 5.74) is 0.909. The van der Waals surface area contributed by atoms with Crippen LogP contribution in [0.25, 0.3) is 0 Å². The predicted molar refractivity (Wildman–Crippen MR) is 101 cm³/mol. The van der Waals surface area contributed by atoms with Crippen LogP contribution >= 0.6 is 0 Å². The fourth-order valence-corrected chi connectivity index (χ4v) is 2.12. The van der Waals surface area contributed by atoms with Gasteiger partial charge in [-0.25, -0.2) is 0 Å². The highest BCUT2D eigenvalue weighted by atomic mass is 16.5. The highest BCUT2D eigenvalue weighted by Gasteiger charge is 2.29. The normalized spacial score (nSPS) is 9.88. The first-order valence-electron chi connectivity index (χ1n) is 8.20. The molecule has 3 nitrogen and oxygen atoms in total. The van der Waals surface area contributed by atoms with Crippen LogP contribution in [0.5, 0.6) is 0 Å². The van der Waals surface area contributed by atoms with Gasteiger partial charge in [0.25, 0.3) is 0 Å². The first kappa shape index (κ1) is 19.0. The van der Waals surface area contributed by atoms with E-state index >= 15 is 0 Å². The zero-order valence-corrected chi connectivity index (χ0v) is 14.9. The second-order valence-electron chi connectivity index (χ2n) is 6.07. The second kappa shape index (κ2) is 9.24. The minimum absolute atomic E-state index is 0.216. The lowest BCUT2D eigenvalue weighted by Crippen LogP contribution is -2.23.